The van der Waals surface area contributed by atoms with Crippen molar-refractivity contribution in [1.82, 2.24) is 0 Å². The van der Waals surface area contributed by atoms with Crippen molar-refractivity contribution < 1.29 is 14.6 Å². The molecule has 1 aliphatic rings. The van der Waals surface area contributed by atoms with Crippen LogP contribution in [0.4, 0.5) is 0 Å². The second kappa shape index (κ2) is 22.9. The minimum Gasteiger partial charge on any atom is -0.462 e. The van der Waals surface area contributed by atoms with Gasteiger partial charge in [0.05, 0.1) is 6.10 Å². The predicted octanol–water partition coefficient (Wildman–Crippen LogP) is 9.68. The number of esters is 1. The summed E-state index contributed by atoms with van der Waals surface area (Å²) in [4.78, 5) is 12.6. The molecule has 1 aliphatic carbocycles. The molecule has 0 aromatic rings. The molecule has 0 heterocycles. The molecule has 0 aromatic carbocycles. The molecule has 0 aromatic heterocycles. The zero-order chi connectivity index (χ0) is 24.7. The normalized spacial score (nSPS) is 19.3. The molecule has 1 fully saturated rings. The molecule has 3 nitrogen and oxygen atoms in total. The van der Waals surface area contributed by atoms with Crippen LogP contribution >= 0.6 is 0 Å². The first-order valence-corrected chi connectivity index (χ1v) is 15.5. The Balaban J connectivity index is 2.22. The summed E-state index contributed by atoms with van der Waals surface area (Å²) in [5.41, 5.74) is 0. The number of hydrogen-bond donors (Lipinski definition) is 1. The van der Waals surface area contributed by atoms with Crippen molar-refractivity contribution in [3.8, 4) is 0 Å². The molecule has 1 atom stereocenters. The van der Waals surface area contributed by atoms with Gasteiger partial charge in [0.15, 0.2) is 0 Å². The largest absolute Gasteiger partial charge is 0.462 e. The van der Waals surface area contributed by atoms with E-state index in [0.29, 0.717) is 12.3 Å². The van der Waals surface area contributed by atoms with Gasteiger partial charge in [0.1, 0.15) is 6.10 Å². The summed E-state index contributed by atoms with van der Waals surface area (Å²) in [5, 5.41) is 9.69. The third kappa shape index (κ3) is 18.7. The van der Waals surface area contributed by atoms with E-state index in [1.165, 1.54) is 128 Å². The van der Waals surface area contributed by atoms with Crippen LogP contribution in [-0.4, -0.2) is 23.3 Å². The Morgan fingerprint density at radius 3 is 1.44 bits per heavy atom. The molecule has 0 aliphatic heterocycles. The molecule has 0 saturated heterocycles. The highest BCUT2D eigenvalue weighted by Gasteiger charge is 2.23. The maximum absolute atomic E-state index is 12.6. The Labute approximate surface area is 213 Å². The Morgan fingerprint density at radius 1 is 0.647 bits per heavy atom. The molecule has 0 amide bonds. The standard InChI is InChI=1S/C31H60O3/c1-3-5-7-9-11-13-14-16-18-20-22-28(21-19-17-15-12-10-8-6-4-2)27-31(33)34-30-25-23-29(32)24-26-30/h28-30,32H,3-27H2,1-2H3. The highest BCUT2D eigenvalue weighted by atomic mass is 16.5. The highest BCUT2D eigenvalue weighted by Crippen LogP contribution is 2.26. The van der Waals surface area contributed by atoms with E-state index in [1.54, 1.807) is 0 Å². The van der Waals surface area contributed by atoms with Gasteiger partial charge in [-0.25, -0.2) is 0 Å². The quantitative estimate of drug-likeness (QED) is 0.117. The third-order valence-electron chi connectivity index (χ3n) is 7.83. The zero-order valence-electron chi connectivity index (χ0n) is 23.2. The van der Waals surface area contributed by atoms with E-state index >= 15 is 0 Å². The fourth-order valence-corrected chi connectivity index (χ4v) is 5.47. The zero-order valence-corrected chi connectivity index (χ0v) is 23.2. The molecular formula is C31H60O3. The van der Waals surface area contributed by atoms with Crippen LogP contribution in [-0.2, 0) is 9.53 Å². The first-order valence-electron chi connectivity index (χ1n) is 15.5. The maximum atomic E-state index is 12.6. The summed E-state index contributed by atoms with van der Waals surface area (Å²) in [6.45, 7) is 4.56. The van der Waals surface area contributed by atoms with E-state index in [2.05, 4.69) is 13.8 Å². The molecule has 1 unspecified atom stereocenters. The lowest BCUT2D eigenvalue weighted by atomic mass is 9.91. The van der Waals surface area contributed by atoms with E-state index < -0.39 is 0 Å². The Bertz CT molecular complexity index is 442. The predicted molar refractivity (Wildman–Crippen MR) is 146 cm³/mol. The van der Waals surface area contributed by atoms with Crippen LogP contribution in [0.5, 0.6) is 0 Å². The second-order valence-corrected chi connectivity index (χ2v) is 11.2. The van der Waals surface area contributed by atoms with Gasteiger partial charge in [-0.15, -0.1) is 0 Å². The summed E-state index contributed by atoms with van der Waals surface area (Å²) >= 11 is 0. The van der Waals surface area contributed by atoms with E-state index in [1.807, 2.05) is 0 Å². The van der Waals surface area contributed by atoms with Crippen molar-refractivity contribution in [1.29, 1.82) is 0 Å². The van der Waals surface area contributed by atoms with Crippen molar-refractivity contribution in [2.45, 2.75) is 187 Å². The molecule has 0 spiro atoms. The van der Waals surface area contributed by atoms with Gasteiger partial charge in [-0.05, 0) is 44.4 Å². The first kappa shape index (κ1) is 31.5. The number of ether oxygens (including phenoxy) is 1. The molecule has 1 rings (SSSR count). The van der Waals surface area contributed by atoms with Crippen LogP contribution in [0.2, 0.25) is 0 Å². The molecular weight excluding hydrogens is 420 g/mol. The molecule has 1 saturated carbocycles. The minimum absolute atomic E-state index is 0.0121. The maximum Gasteiger partial charge on any atom is 0.306 e. The third-order valence-corrected chi connectivity index (χ3v) is 7.83. The van der Waals surface area contributed by atoms with E-state index in [0.717, 1.165) is 25.7 Å². The summed E-state index contributed by atoms with van der Waals surface area (Å²) in [5.74, 6) is 0.508. The number of unbranched alkanes of at least 4 members (excludes halogenated alkanes) is 16. The van der Waals surface area contributed by atoms with Gasteiger partial charge in [-0.1, -0.05) is 129 Å². The number of carbonyl (C=O) groups excluding carboxylic acids is 1. The van der Waals surface area contributed by atoms with Gasteiger partial charge in [0.2, 0.25) is 0 Å². The van der Waals surface area contributed by atoms with E-state index in [-0.39, 0.29) is 18.2 Å². The Morgan fingerprint density at radius 2 is 1.03 bits per heavy atom. The number of aliphatic hydroxyl groups excluding tert-OH is 1. The monoisotopic (exact) mass is 480 g/mol. The van der Waals surface area contributed by atoms with Gasteiger partial charge < -0.3 is 9.84 Å². The average molecular weight is 481 g/mol. The summed E-state index contributed by atoms with van der Waals surface area (Å²) < 4.78 is 5.80. The summed E-state index contributed by atoms with van der Waals surface area (Å²) in [7, 11) is 0. The van der Waals surface area contributed by atoms with E-state index in [4.69, 9.17) is 4.74 Å². The topological polar surface area (TPSA) is 46.5 Å². The molecule has 0 bridgehead atoms. The Hall–Kier alpha value is -0.570. The first-order chi connectivity index (χ1) is 16.7. The van der Waals surface area contributed by atoms with Gasteiger partial charge in [0, 0.05) is 6.42 Å². The number of aliphatic hydroxyl groups is 1. The molecule has 0 radical (unpaired) electrons. The van der Waals surface area contributed by atoms with Crippen LogP contribution in [0.1, 0.15) is 174 Å². The lowest BCUT2D eigenvalue weighted by Crippen LogP contribution is -2.27. The molecule has 1 N–H and O–H groups in total. The fraction of sp³-hybridized carbons (Fsp3) is 0.968. The SMILES string of the molecule is CCCCCCCCCCCCC(CCCCCCCCCC)CC(=O)OC1CCC(O)CC1. The summed E-state index contributed by atoms with van der Waals surface area (Å²) in [6, 6.07) is 0. The lowest BCUT2D eigenvalue weighted by molar-refractivity contribution is -0.152. The van der Waals surface area contributed by atoms with E-state index in [9.17, 15) is 9.90 Å². The number of carbonyl (C=O) groups is 1. The van der Waals surface area contributed by atoms with Crippen LogP contribution < -0.4 is 0 Å². The van der Waals surface area contributed by atoms with Crippen molar-refractivity contribution in [3.05, 3.63) is 0 Å². The average Bonchev–Trinajstić information content (AvgIpc) is 2.83. The van der Waals surface area contributed by atoms with Gasteiger partial charge in [-0.2, -0.15) is 0 Å². The molecule has 202 valence electrons. The highest BCUT2D eigenvalue weighted by molar-refractivity contribution is 5.69. The Kier molecular flexibility index (Phi) is 21.2. The van der Waals surface area contributed by atoms with Gasteiger partial charge in [-0.3, -0.25) is 4.79 Å². The van der Waals surface area contributed by atoms with Crippen LogP contribution in [0.3, 0.4) is 0 Å². The number of rotatable bonds is 23. The van der Waals surface area contributed by atoms with Crippen LogP contribution in [0.15, 0.2) is 0 Å². The van der Waals surface area contributed by atoms with Crippen molar-refractivity contribution in [3.63, 3.8) is 0 Å². The van der Waals surface area contributed by atoms with Gasteiger partial charge in [0.25, 0.3) is 0 Å². The van der Waals surface area contributed by atoms with Gasteiger partial charge >= 0.3 is 5.97 Å². The van der Waals surface area contributed by atoms with Crippen molar-refractivity contribution in [2.24, 2.45) is 5.92 Å². The second-order valence-electron chi connectivity index (χ2n) is 11.2. The van der Waals surface area contributed by atoms with Crippen LogP contribution in [0.25, 0.3) is 0 Å². The fourth-order valence-electron chi connectivity index (χ4n) is 5.47. The molecule has 3 heteroatoms. The van der Waals surface area contributed by atoms with Crippen molar-refractivity contribution >= 4 is 5.97 Å². The number of hydrogen-bond acceptors (Lipinski definition) is 3. The molecule has 34 heavy (non-hydrogen) atoms. The lowest BCUT2D eigenvalue weighted by Gasteiger charge is -2.26. The minimum atomic E-state index is -0.194. The smallest absolute Gasteiger partial charge is 0.306 e. The summed E-state index contributed by atoms with van der Waals surface area (Å²) in [6.07, 6.45) is 30.5. The van der Waals surface area contributed by atoms with Crippen LogP contribution in [0, 0.1) is 5.92 Å². The van der Waals surface area contributed by atoms with Crippen molar-refractivity contribution in [2.75, 3.05) is 0 Å².